The fourth-order valence-corrected chi connectivity index (χ4v) is 0.818. The maximum absolute atomic E-state index is 12.7. The van der Waals surface area contributed by atoms with Gasteiger partial charge in [-0.2, -0.15) is 0 Å². The third-order valence-electron chi connectivity index (χ3n) is 1.43. The summed E-state index contributed by atoms with van der Waals surface area (Å²) in [6.07, 6.45) is 0. The molecule has 0 aliphatic rings. The molecule has 0 fully saturated rings. The van der Waals surface area contributed by atoms with E-state index < -0.39 is 10.7 Å². The fourth-order valence-electron chi connectivity index (χ4n) is 0.818. The normalized spacial score (nSPS) is 9.50. The molecular weight excluding hydrogens is 163 g/mol. The monoisotopic (exact) mass is 170 g/mol. The Hall–Kier alpha value is -1.65. The maximum Gasteiger partial charge on any atom is 0.271 e. The maximum atomic E-state index is 12.7. The number of non-ortho nitro benzene ring substituents is 1. The van der Waals surface area contributed by atoms with Crippen LogP contribution in [0.1, 0.15) is 0 Å². The van der Waals surface area contributed by atoms with Crippen LogP contribution < -0.4 is 5.32 Å². The molecule has 0 aliphatic heterocycles. The minimum Gasteiger partial charge on any atom is -0.386 e. The Bertz CT molecular complexity index is 314. The van der Waals surface area contributed by atoms with E-state index in [1.54, 1.807) is 0 Å². The van der Waals surface area contributed by atoms with Gasteiger partial charge in [0.25, 0.3) is 5.69 Å². The van der Waals surface area contributed by atoms with Crippen LogP contribution in [0, 0.1) is 15.9 Å². The Labute approximate surface area is 68.2 Å². The zero-order valence-corrected chi connectivity index (χ0v) is 6.37. The van der Waals surface area contributed by atoms with E-state index in [0.29, 0.717) is 0 Å². The summed E-state index contributed by atoms with van der Waals surface area (Å²) in [5.74, 6) is -0.497. The molecule has 1 aromatic carbocycles. The largest absolute Gasteiger partial charge is 0.386 e. The summed E-state index contributed by atoms with van der Waals surface area (Å²) in [4.78, 5) is 9.67. The summed E-state index contributed by atoms with van der Waals surface area (Å²) >= 11 is 0. The zero-order valence-electron chi connectivity index (χ0n) is 6.37. The van der Waals surface area contributed by atoms with Gasteiger partial charge in [0.2, 0.25) is 0 Å². The first-order chi connectivity index (χ1) is 5.65. The highest BCUT2D eigenvalue weighted by Gasteiger charge is 2.08. The number of nitrogens with zero attached hydrogens (tertiary/aromatic N) is 1. The fraction of sp³-hybridized carbons (Fsp3) is 0.143. The lowest BCUT2D eigenvalue weighted by Gasteiger charge is -2.00. The van der Waals surface area contributed by atoms with Gasteiger partial charge in [0, 0.05) is 19.2 Å². The molecule has 0 amide bonds. The number of nitrogens with one attached hydrogen (secondary N) is 1. The van der Waals surface area contributed by atoms with E-state index in [0.717, 1.165) is 18.2 Å². The molecule has 5 heteroatoms. The van der Waals surface area contributed by atoms with E-state index in [1.807, 2.05) is 0 Å². The zero-order chi connectivity index (χ0) is 9.14. The lowest BCUT2D eigenvalue weighted by atomic mass is 10.3. The molecule has 0 saturated heterocycles. The lowest BCUT2D eigenvalue weighted by Crippen LogP contribution is -1.94. The Balaban J connectivity index is 3.13. The van der Waals surface area contributed by atoms with E-state index in [1.165, 1.54) is 7.05 Å². The number of nitro benzene ring substituents is 1. The van der Waals surface area contributed by atoms with Crippen molar-refractivity contribution >= 4 is 11.4 Å². The van der Waals surface area contributed by atoms with E-state index in [2.05, 4.69) is 5.32 Å². The summed E-state index contributed by atoms with van der Waals surface area (Å²) in [5, 5.41) is 12.7. The molecule has 4 nitrogen and oxygen atoms in total. The second-order valence-electron chi connectivity index (χ2n) is 2.17. The highest BCUT2D eigenvalue weighted by molar-refractivity contribution is 5.51. The van der Waals surface area contributed by atoms with Crippen molar-refractivity contribution < 1.29 is 9.31 Å². The SMILES string of the molecule is CNc1cc([N+](=O)[O-])ccc1F. The summed E-state index contributed by atoms with van der Waals surface area (Å²) in [6.45, 7) is 0. The van der Waals surface area contributed by atoms with Crippen LogP contribution in [0.5, 0.6) is 0 Å². The van der Waals surface area contributed by atoms with Crippen LogP contribution >= 0.6 is 0 Å². The second-order valence-corrected chi connectivity index (χ2v) is 2.17. The molecule has 0 unspecified atom stereocenters. The quantitative estimate of drug-likeness (QED) is 0.543. The van der Waals surface area contributed by atoms with Crippen molar-refractivity contribution in [2.45, 2.75) is 0 Å². The van der Waals surface area contributed by atoms with Gasteiger partial charge in [-0.15, -0.1) is 0 Å². The summed E-state index contributed by atoms with van der Waals surface area (Å²) in [7, 11) is 1.50. The number of benzene rings is 1. The third kappa shape index (κ3) is 1.50. The molecule has 1 aromatic rings. The second kappa shape index (κ2) is 3.17. The van der Waals surface area contributed by atoms with E-state index in [4.69, 9.17) is 0 Å². The standard InChI is InChI=1S/C7H7FN2O2/c1-9-7-4-5(10(11)12)2-3-6(7)8/h2-4,9H,1H3. The number of nitro groups is 1. The van der Waals surface area contributed by atoms with Crippen LogP contribution in [0.3, 0.4) is 0 Å². The molecule has 1 N–H and O–H groups in total. The van der Waals surface area contributed by atoms with Crippen LogP contribution in [0.4, 0.5) is 15.8 Å². The molecule has 1 rings (SSSR count). The average Bonchev–Trinajstić information content (AvgIpc) is 2.05. The predicted octanol–water partition coefficient (Wildman–Crippen LogP) is 1.78. The summed E-state index contributed by atoms with van der Waals surface area (Å²) in [6, 6.07) is 3.33. The molecule has 0 spiro atoms. The van der Waals surface area contributed by atoms with Crippen LogP contribution in [0.25, 0.3) is 0 Å². The summed E-state index contributed by atoms with van der Waals surface area (Å²) < 4.78 is 12.7. The summed E-state index contributed by atoms with van der Waals surface area (Å²) in [5.41, 5.74) is 0.00458. The first-order valence-corrected chi connectivity index (χ1v) is 3.27. The van der Waals surface area contributed by atoms with E-state index in [-0.39, 0.29) is 11.4 Å². The van der Waals surface area contributed by atoms with Gasteiger partial charge < -0.3 is 5.32 Å². The van der Waals surface area contributed by atoms with Gasteiger partial charge in [-0.25, -0.2) is 4.39 Å². The Morgan fingerprint density at radius 1 is 1.58 bits per heavy atom. The van der Waals surface area contributed by atoms with Gasteiger partial charge >= 0.3 is 0 Å². The molecule has 64 valence electrons. The minimum absolute atomic E-state index is 0.124. The van der Waals surface area contributed by atoms with Crippen molar-refractivity contribution in [2.75, 3.05) is 12.4 Å². The van der Waals surface area contributed by atoms with Crippen molar-refractivity contribution in [2.24, 2.45) is 0 Å². The van der Waals surface area contributed by atoms with Crippen LogP contribution in [-0.2, 0) is 0 Å². The van der Waals surface area contributed by atoms with Crippen LogP contribution in [-0.4, -0.2) is 12.0 Å². The topological polar surface area (TPSA) is 55.2 Å². The number of hydrogen-bond donors (Lipinski definition) is 1. The molecular formula is C7H7FN2O2. The smallest absolute Gasteiger partial charge is 0.271 e. The average molecular weight is 170 g/mol. The molecule has 0 atom stereocenters. The number of rotatable bonds is 2. The van der Waals surface area contributed by atoms with Crippen LogP contribution in [0.2, 0.25) is 0 Å². The third-order valence-corrected chi connectivity index (χ3v) is 1.43. The van der Waals surface area contributed by atoms with Gasteiger partial charge in [0.05, 0.1) is 10.6 Å². The van der Waals surface area contributed by atoms with Gasteiger partial charge in [0.1, 0.15) is 5.82 Å². The van der Waals surface area contributed by atoms with Crippen molar-refractivity contribution in [3.8, 4) is 0 Å². The van der Waals surface area contributed by atoms with Crippen molar-refractivity contribution in [1.29, 1.82) is 0 Å². The highest BCUT2D eigenvalue weighted by Crippen LogP contribution is 2.20. The van der Waals surface area contributed by atoms with Gasteiger partial charge in [-0.1, -0.05) is 0 Å². The highest BCUT2D eigenvalue weighted by atomic mass is 19.1. The van der Waals surface area contributed by atoms with Crippen molar-refractivity contribution in [3.63, 3.8) is 0 Å². The van der Waals surface area contributed by atoms with Gasteiger partial charge in [0.15, 0.2) is 0 Å². The number of hydrogen-bond acceptors (Lipinski definition) is 3. The van der Waals surface area contributed by atoms with E-state index in [9.17, 15) is 14.5 Å². The lowest BCUT2D eigenvalue weighted by molar-refractivity contribution is -0.384. The van der Waals surface area contributed by atoms with Crippen molar-refractivity contribution in [3.05, 3.63) is 34.1 Å². The molecule has 0 heterocycles. The Kier molecular flexibility index (Phi) is 2.23. The number of anilines is 1. The first kappa shape index (κ1) is 8.45. The molecule has 0 bridgehead atoms. The van der Waals surface area contributed by atoms with E-state index >= 15 is 0 Å². The molecule has 0 aliphatic carbocycles. The molecule has 0 radical (unpaired) electrons. The van der Waals surface area contributed by atoms with Crippen LogP contribution in [0.15, 0.2) is 18.2 Å². The minimum atomic E-state index is -0.569. The molecule has 12 heavy (non-hydrogen) atoms. The molecule has 0 aromatic heterocycles. The van der Waals surface area contributed by atoms with Gasteiger partial charge in [-0.05, 0) is 6.07 Å². The predicted molar refractivity (Wildman–Crippen MR) is 42.6 cm³/mol. The Morgan fingerprint density at radius 3 is 2.75 bits per heavy atom. The van der Waals surface area contributed by atoms with Gasteiger partial charge in [-0.3, -0.25) is 10.1 Å². The Morgan fingerprint density at radius 2 is 2.25 bits per heavy atom. The molecule has 0 saturated carbocycles. The first-order valence-electron chi connectivity index (χ1n) is 3.27. The number of halogens is 1. The van der Waals surface area contributed by atoms with Crippen molar-refractivity contribution in [1.82, 2.24) is 0 Å².